The molecule has 108 valence electrons. The highest BCUT2D eigenvalue weighted by Crippen LogP contribution is 2.19. The number of hydrogen-bond acceptors (Lipinski definition) is 4. The molecule has 0 heterocycles. The Morgan fingerprint density at radius 3 is 2.43 bits per heavy atom. The highest BCUT2D eigenvalue weighted by Gasteiger charge is 2.14. The van der Waals surface area contributed by atoms with Crippen LogP contribution in [0.25, 0.3) is 0 Å². The van der Waals surface area contributed by atoms with E-state index < -0.39 is 10.0 Å². The fraction of sp³-hybridized carbons (Fsp3) is 0.133. The topological polar surface area (TPSA) is 96.0 Å². The number of anilines is 1. The molecule has 0 bridgehead atoms. The molecule has 0 amide bonds. The van der Waals surface area contributed by atoms with Gasteiger partial charge in [-0.15, -0.1) is 0 Å². The Kier molecular flexibility index (Phi) is 4.26. The number of nitrogens with one attached hydrogen (secondary N) is 1. The Morgan fingerprint density at radius 2 is 1.86 bits per heavy atom. The van der Waals surface area contributed by atoms with Gasteiger partial charge in [0.2, 0.25) is 0 Å². The molecule has 0 aliphatic carbocycles. The first kappa shape index (κ1) is 15.0. The zero-order valence-corrected chi connectivity index (χ0v) is 12.3. The van der Waals surface area contributed by atoms with Crippen LogP contribution in [0.15, 0.2) is 53.4 Å². The molecule has 0 unspecified atom stereocenters. The molecular weight excluding hydrogens is 286 g/mol. The maximum absolute atomic E-state index is 12.2. The number of rotatable bonds is 4. The van der Waals surface area contributed by atoms with E-state index in [1.165, 1.54) is 18.2 Å². The van der Waals surface area contributed by atoms with E-state index in [-0.39, 0.29) is 10.9 Å². The quantitative estimate of drug-likeness (QED) is 0.906. The molecule has 0 saturated heterocycles. The first-order valence-electron chi connectivity index (χ1n) is 6.31. The maximum Gasteiger partial charge on any atom is 0.261 e. The molecule has 2 aromatic carbocycles. The minimum Gasteiger partial charge on any atom is -0.324 e. The largest absolute Gasteiger partial charge is 0.324 e. The standard InChI is InChI=1S/C15H15N3O2S/c1-11(17)13-5-7-14(8-6-13)18-21(19,20)15-4-2-3-12(9-15)10-16/h2-9,11,18H,17H2,1H3/t11-/m1/s1. The van der Waals surface area contributed by atoms with E-state index in [0.29, 0.717) is 11.3 Å². The predicted molar refractivity (Wildman–Crippen MR) is 81.0 cm³/mol. The van der Waals surface area contributed by atoms with Gasteiger partial charge >= 0.3 is 0 Å². The number of benzene rings is 2. The smallest absolute Gasteiger partial charge is 0.261 e. The van der Waals surface area contributed by atoms with E-state index in [9.17, 15) is 8.42 Å². The predicted octanol–water partition coefficient (Wildman–Crippen LogP) is 2.38. The van der Waals surface area contributed by atoms with Crippen LogP contribution in [0.4, 0.5) is 5.69 Å². The Balaban J connectivity index is 2.26. The normalized spacial score (nSPS) is 12.4. The van der Waals surface area contributed by atoms with Crippen molar-refractivity contribution in [2.75, 3.05) is 4.72 Å². The molecule has 0 aliphatic rings. The van der Waals surface area contributed by atoms with Crippen LogP contribution in [-0.4, -0.2) is 8.42 Å². The average Bonchev–Trinajstić information content (AvgIpc) is 2.47. The number of nitrogens with zero attached hydrogens (tertiary/aromatic N) is 1. The van der Waals surface area contributed by atoms with E-state index in [1.807, 2.05) is 13.0 Å². The molecular formula is C15H15N3O2S. The van der Waals surface area contributed by atoms with Gasteiger partial charge in [0.05, 0.1) is 16.5 Å². The van der Waals surface area contributed by atoms with Gasteiger partial charge < -0.3 is 5.73 Å². The van der Waals surface area contributed by atoms with Crippen molar-refractivity contribution in [2.45, 2.75) is 17.9 Å². The molecule has 3 N–H and O–H groups in total. The van der Waals surface area contributed by atoms with E-state index in [1.54, 1.807) is 30.3 Å². The minimum absolute atomic E-state index is 0.0535. The number of nitrogens with two attached hydrogens (primary N) is 1. The minimum atomic E-state index is -3.71. The summed E-state index contributed by atoms with van der Waals surface area (Å²) in [5, 5.41) is 8.82. The van der Waals surface area contributed by atoms with Crippen LogP contribution < -0.4 is 10.5 Å². The summed E-state index contributed by atoms with van der Waals surface area (Å²) in [5.41, 5.74) is 7.41. The van der Waals surface area contributed by atoms with Gasteiger partial charge in [0.25, 0.3) is 10.0 Å². The van der Waals surface area contributed by atoms with Gasteiger partial charge in [-0.1, -0.05) is 18.2 Å². The second-order valence-electron chi connectivity index (χ2n) is 4.66. The first-order chi connectivity index (χ1) is 9.92. The maximum atomic E-state index is 12.2. The van der Waals surface area contributed by atoms with Crippen LogP contribution in [-0.2, 0) is 10.0 Å². The van der Waals surface area contributed by atoms with Crippen molar-refractivity contribution in [2.24, 2.45) is 5.73 Å². The summed E-state index contributed by atoms with van der Waals surface area (Å²) in [7, 11) is -3.71. The molecule has 0 fully saturated rings. The van der Waals surface area contributed by atoms with Gasteiger partial charge in [-0.25, -0.2) is 8.42 Å². The van der Waals surface area contributed by atoms with Crippen molar-refractivity contribution in [3.8, 4) is 6.07 Å². The Labute approximate surface area is 124 Å². The second kappa shape index (κ2) is 5.95. The lowest BCUT2D eigenvalue weighted by atomic mass is 10.1. The first-order valence-corrected chi connectivity index (χ1v) is 7.79. The SMILES string of the molecule is C[C@@H](N)c1ccc(NS(=O)(=O)c2cccc(C#N)c2)cc1. The van der Waals surface area contributed by atoms with E-state index in [4.69, 9.17) is 11.0 Å². The lowest BCUT2D eigenvalue weighted by Gasteiger charge is -2.10. The number of nitriles is 1. The van der Waals surface area contributed by atoms with Crippen molar-refractivity contribution < 1.29 is 8.42 Å². The van der Waals surface area contributed by atoms with E-state index in [2.05, 4.69) is 4.72 Å². The molecule has 6 heteroatoms. The summed E-state index contributed by atoms with van der Waals surface area (Å²) in [4.78, 5) is 0.0535. The molecule has 0 aliphatic heterocycles. The second-order valence-corrected chi connectivity index (χ2v) is 6.34. The molecule has 1 atom stereocenters. The highest BCUT2D eigenvalue weighted by molar-refractivity contribution is 7.92. The summed E-state index contributed by atoms with van der Waals surface area (Å²) in [6, 6.07) is 14.5. The van der Waals surface area contributed by atoms with Crippen LogP contribution >= 0.6 is 0 Å². The van der Waals surface area contributed by atoms with Gasteiger partial charge in [0.1, 0.15) is 0 Å². The summed E-state index contributed by atoms with van der Waals surface area (Å²) in [6.45, 7) is 1.85. The number of sulfonamides is 1. The highest BCUT2D eigenvalue weighted by atomic mass is 32.2. The van der Waals surface area contributed by atoms with Crippen LogP contribution in [0.5, 0.6) is 0 Å². The molecule has 5 nitrogen and oxygen atoms in total. The van der Waals surface area contributed by atoms with Crippen LogP contribution in [0.3, 0.4) is 0 Å². The molecule has 0 aromatic heterocycles. The third-order valence-electron chi connectivity index (χ3n) is 2.96. The third kappa shape index (κ3) is 3.60. The molecule has 2 aromatic rings. The van der Waals surface area contributed by atoms with Gasteiger partial charge in [-0.05, 0) is 42.8 Å². The van der Waals surface area contributed by atoms with E-state index in [0.717, 1.165) is 5.56 Å². The van der Waals surface area contributed by atoms with Crippen molar-refractivity contribution in [3.05, 3.63) is 59.7 Å². The fourth-order valence-electron chi connectivity index (χ4n) is 1.80. The lowest BCUT2D eigenvalue weighted by molar-refractivity contribution is 0.601. The zero-order chi connectivity index (χ0) is 15.5. The number of hydrogen-bond donors (Lipinski definition) is 2. The van der Waals surface area contributed by atoms with Crippen molar-refractivity contribution in [1.29, 1.82) is 5.26 Å². The summed E-state index contributed by atoms with van der Waals surface area (Å²) in [5.74, 6) is 0. The Bertz CT molecular complexity index is 775. The van der Waals surface area contributed by atoms with Crippen LogP contribution in [0, 0.1) is 11.3 Å². The monoisotopic (exact) mass is 301 g/mol. The fourth-order valence-corrected chi connectivity index (χ4v) is 2.91. The van der Waals surface area contributed by atoms with Crippen LogP contribution in [0.2, 0.25) is 0 Å². The Hall–Kier alpha value is -2.36. The Morgan fingerprint density at radius 1 is 1.19 bits per heavy atom. The summed E-state index contributed by atoms with van der Waals surface area (Å²) < 4.78 is 27.0. The molecule has 0 saturated carbocycles. The van der Waals surface area contributed by atoms with Gasteiger partial charge in [0, 0.05) is 11.7 Å². The van der Waals surface area contributed by atoms with Gasteiger partial charge in [0.15, 0.2) is 0 Å². The summed E-state index contributed by atoms with van der Waals surface area (Å²) >= 11 is 0. The molecule has 21 heavy (non-hydrogen) atoms. The zero-order valence-electron chi connectivity index (χ0n) is 11.4. The lowest BCUT2D eigenvalue weighted by Crippen LogP contribution is -2.13. The summed E-state index contributed by atoms with van der Waals surface area (Å²) in [6.07, 6.45) is 0. The third-order valence-corrected chi connectivity index (χ3v) is 4.34. The molecule has 2 rings (SSSR count). The van der Waals surface area contributed by atoms with E-state index >= 15 is 0 Å². The van der Waals surface area contributed by atoms with Crippen molar-refractivity contribution in [1.82, 2.24) is 0 Å². The molecule has 0 spiro atoms. The van der Waals surface area contributed by atoms with Crippen molar-refractivity contribution in [3.63, 3.8) is 0 Å². The van der Waals surface area contributed by atoms with Gasteiger partial charge in [-0.2, -0.15) is 5.26 Å². The molecule has 0 radical (unpaired) electrons. The van der Waals surface area contributed by atoms with Crippen molar-refractivity contribution >= 4 is 15.7 Å². The van der Waals surface area contributed by atoms with Gasteiger partial charge in [-0.3, -0.25) is 4.72 Å². The van der Waals surface area contributed by atoms with Crippen LogP contribution in [0.1, 0.15) is 24.1 Å². The average molecular weight is 301 g/mol.